The quantitative estimate of drug-likeness (QED) is 0.800. The molecule has 0 amide bonds. The zero-order valence-corrected chi connectivity index (χ0v) is 12.3. The first kappa shape index (κ1) is 13.6. The van der Waals surface area contributed by atoms with Gasteiger partial charge < -0.3 is 5.32 Å². The van der Waals surface area contributed by atoms with E-state index in [4.69, 9.17) is 0 Å². The van der Waals surface area contributed by atoms with E-state index >= 15 is 0 Å². The molecule has 18 heavy (non-hydrogen) atoms. The Balaban J connectivity index is 1.98. The third-order valence-corrected chi connectivity index (χ3v) is 4.33. The first-order valence-corrected chi connectivity index (χ1v) is 7.42. The Bertz CT molecular complexity index is 404. The van der Waals surface area contributed by atoms with E-state index in [0.717, 1.165) is 18.5 Å². The van der Waals surface area contributed by atoms with Crippen molar-refractivity contribution in [1.29, 1.82) is 0 Å². The van der Waals surface area contributed by atoms with Crippen LogP contribution in [0.25, 0.3) is 0 Å². The molecular weight excluding hydrogens is 218 g/mol. The molecule has 0 aliphatic heterocycles. The zero-order valence-electron chi connectivity index (χ0n) is 12.3. The summed E-state index contributed by atoms with van der Waals surface area (Å²) in [5, 5.41) is 3.66. The van der Waals surface area contributed by atoms with Gasteiger partial charge in [-0.3, -0.25) is 0 Å². The second-order valence-electron chi connectivity index (χ2n) is 5.90. The molecule has 0 saturated heterocycles. The second-order valence-corrected chi connectivity index (χ2v) is 5.90. The van der Waals surface area contributed by atoms with E-state index in [9.17, 15) is 0 Å². The van der Waals surface area contributed by atoms with Gasteiger partial charge >= 0.3 is 0 Å². The van der Waals surface area contributed by atoms with Gasteiger partial charge in [-0.1, -0.05) is 19.1 Å². The van der Waals surface area contributed by atoms with Gasteiger partial charge in [-0.2, -0.15) is 0 Å². The zero-order chi connectivity index (χ0) is 13.1. The summed E-state index contributed by atoms with van der Waals surface area (Å²) in [5.41, 5.74) is 5.86. The number of aryl methyl sites for hydroxylation is 4. The Labute approximate surface area is 112 Å². The Morgan fingerprint density at radius 1 is 1.11 bits per heavy atom. The maximum atomic E-state index is 3.66. The Morgan fingerprint density at radius 3 is 2.39 bits per heavy atom. The predicted octanol–water partition coefficient (Wildman–Crippen LogP) is 3.93. The Hall–Kier alpha value is -0.820. The van der Waals surface area contributed by atoms with Crippen LogP contribution < -0.4 is 5.32 Å². The molecule has 1 aromatic rings. The van der Waals surface area contributed by atoms with Crippen LogP contribution in [0, 0.1) is 26.7 Å². The summed E-state index contributed by atoms with van der Waals surface area (Å²) in [6.07, 6.45) is 5.39. The van der Waals surface area contributed by atoms with Crippen molar-refractivity contribution in [1.82, 2.24) is 5.32 Å². The fraction of sp³-hybridized carbons (Fsp3) is 0.647. The second kappa shape index (κ2) is 5.88. The molecule has 2 rings (SSSR count). The molecule has 1 nitrogen and oxygen atoms in total. The van der Waals surface area contributed by atoms with Gasteiger partial charge in [0.25, 0.3) is 0 Å². The van der Waals surface area contributed by atoms with E-state index in [1.165, 1.54) is 42.4 Å². The van der Waals surface area contributed by atoms with Crippen molar-refractivity contribution in [3.8, 4) is 0 Å². The van der Waals surface area contributed by atoms with Crippen molar-refractivity contribution in [2.45, 2.75) is 59.4 Å². The molecule has 1 fully saturated rings. The summed E-state index contributed by atoms with van der Waals surface area (Å²) in [4.78, 5) is 0. The van der Waals surface area contributed by atoms with Crippen molar-refractivity contribution in [2.24, 2.45) is 5.92 Å². The van der Waals surface area contributed by atoms with Crippen LogP contribution in [0.15, 0.2) is 12.1 Å². The van der Waals surface area contributed by atoms with E-state index < -0.39 is 0 Å². The van der Waals surface area contributed by atoms with Gasteiger partial charge in [0.1, 0.15) is 0 Å². The fourth-order valence-corrected chi connectivity index (χ4v) is 2.87. The molecule has 1 atom stereocenters. The molecule has 0 heterocycles. The standard InChI is InChI=1S/C17H27N/c1-5-18-17(15-6-7-15)9-8-16-11-13(3)12(2)10-14(16)4/h10-11,15,17-18H,5-9H2,1-4H3. The summed E-state index contributed by atoms with van der Waals surface area (Å²) < 4.78 is 0. The lowest BCUT2D eigenvalue weighted by molar-refractivity contribution is 0.446. The molecule has 1 aliphatic carbocycles. The van der Waals surface area contributed by atoms with Gasteiger partial charge in [-0.25, -0.2) is 0 Å². The van der Waals surface area contributed by atoms with Crippen LogP contribution >= 0.6 is 0 Å². The van der Waals surface area contributed by atoms with Crippen LogP contribution in [0.2, 0.25) is 0 Å². The minimum Gasteiger partial charge on any atom is -0.314 e. The molecule has 0 bridgehead atoms. The molecular formula is C17H27N. The van der Waals surface area contributed by atoms with Crippen LogP contribution in [-0.2, 0) is 6.42 Å². The highest BCUT2D eigenvalue weighted by atomic mass is 14.9. The minimum absolute atomic E-state index is 0.746. The normalized spacial score (nSPS) is 16.9. The molecule has 1 N–H and O–H groups in total. The van der Waals surface area contributed by atoms with Gasteiger partial charge in [0.05, 0.1) is 0 Å². The molecule has 1 saturated carbocycles. The molecule has 1 aromatic carbocycles. The van der Waals surface area contributed by atoms with Crippen molar-refractivity contribution in [3.05, 3.63) is 34.4 Å². The maximum absolute atomic E-state index is 3.66. The number of rotatable bonds is 6. The lowest BCUT2D eigenvalue weighted by Crippen LogP contribution is -2.31. The number of nitrogens with one attached hydrogen (secondary N) is 1. The van der Waals surface area contributed by atoms with Crippen LogP contribution in [0.1, 0.15) is 48.4 Å². The van der Waals surface area contributed by atoms with Crippen molar-refractivity contribution in [3.63, 3.8) is 0 Å². The van der Waals surface area contributed by atoms with Crippen LogP contribution in [0.5, 0.6) is 0 Å². The molecule has 0 radical (unpaired) electrons. The van der Waals surface area contributed by atoms with Gasteiger partial charge in [0.15, 0.2) is 0 Å². The molecule has 100 valence electrons. The predicted molar refractivity (Wildman–Crippen MR) is 79.2 cm³/mol. The smallest absolute Gasteiger partial charge is 0.00983 e. The van der Waals surface area contributed by atoms with Gasteiger partial charge in [-0.05, 0) is 81.2 Å². The van der Waals surface area contributed by atoms with E-state index in [2.05, 4.69) is 45.1 Å². The van der Waals surface area contributed by atoms with Crippen LogP contribution in [-0.4, -0.2) is 12.6 Å². The van der Waals surface area contributed by atoms with Crippen molar-refractivity contribution >= 4 is 0 Å². The largest absolute Gasteiger partial charge is 0.314 e. The van der Waals surface area contributed by atoms with Crippen molar-refractivity contribution in [2.75, 3.05) is 6.54 Å². The highest BCUT2D eigenvalue weighted by Crippen LogP contribution is 2.34. The monoisotopic (exact) mass is 245 g/mol. The molecule has 1 heteroatoms. The van der Waals surface area contributed by atoms with E-state index in [0.29, 0.717) is 0 Å². The summed E-state index contributed by atoms with van der Waals surface area (Å²) >= 11 is 0. The van der Waals surface area contributed by atoms with Crippen LogP contribution in [0.3, 0.4) is 0 Å². The highest BCUT2D eigenvalue weighted by molar-refractivity contribution is 5.36. The topological polar surface area (TPSA) is 12.0 Å². The lowest BCUT2D eigenvalue weighted by atomic mass is 9.95. The average Bonchev–Trinajstić information content (AvgIpc) is 3.14. The molecule has 0 aromatic heterocycles. The molecule has 0 spiro atoms. The summed E-state index contributed by atoms with van der Waals surface area (Å²) in [7, 11) is 0. The van der Waals surface area contributed by atoms with Gasteiger partial charge in [0.2, 0.25) is 0 Å². The van der Waals surface area contributed by atoms with Gasteiger partial charge in [-0.15, -0.1) is 0 Å². The average molecular weight is 245 g/mol. The van der Waals surface area contributed by atoms with E-state index in [1.54, 1.807) is 5.56 Å². The maximum Gasteiger partial charge on any atom is 0.00983 e. The summed E-state index contributed by atoms with van der Waals surface area (Å²) in [6, 6.07) is 5.47. The third-order valence-electron chi connectivity index (χ3n) is 4.33. The SMILES string of the molecule is CCNC(CCc1cc(C)c(C)cc1C)C1CC1. The number of benzene rings is 1. The van der Waals surface area contributed by atoms with Crippen LogP contribution in [0.4, 0.5) is 0 Å². The molecule has 1 unspecified atom stereocenters. The molecule has 1 aliphatic rings. The van der Waals surface area contributed by atoms with E-state index in [1.807, 2.05) is 0 Å². The lowest BCUT2D eigenvalue weighted by Gasteiger charge is -2.18. The fourth-order valence-electron chi connectivity index (χ4n) is 2.87. The third kappa shape index (κ3) is 3.35. The minimum atomic E-state index is 0.746. The van der Waals surface area contributed by atoms with Gasteiger partial charge in [0, 0.05) is 6.04 Å². The summed E-state index contributed by atoms with van der Waals surface area (Å²) in [6.45, 7) is 10.0. The number of hydrogen-bond donors (Lipinski definition) is 1. The highest BCUT2D eigenvalue weighted by Gasteiger charge is 2.30. The first-order chi connectivity index (χ1) is 8.61. The summed E-state index contributed by atoms with van der Waals surface area (Å²) in [5.74, 6) is 0.955. The van der Waals surface area contributed by atoms with Crippen molar-refractivity contribution < 1.29 is 0 Å². The Kier molecular flexibility index (Phi) is 4.45. The Morgan fingerprint density at radius 2 is 1.78 bits per heavy atom. The van der Waals surface area contributed by atoms with E-state index in [-0.39, 0.29) is 0 Å². The number of hydrogen-bond acceptors (Lipinski definition) is 1. The first-order valence-electron chi connectivity index (χ1n) is 7.42.